The molecular weight excluding hydrogens is 417 g/mol. The van der Waals surface area contributed by atoms with Crippen molar-refractivity contribution in [2.24, 2.45) is 0 Å². The van der Waals surface area contributed by atoms with Crippen LogP contribution in [-0.2, 0) is 11.3 Å². The zero-order valence-electron chi connectivity index (χ0n) is 16.4. The fourth-order valence-corrected chi connectivity index (χ4v) is 3.05. The van der Waals surface area contributed by atoms with Gasteiger partial charge in [0.05, 0.1) is 29.9 Å². The molecule has 0 aliphatic rings. The number of fused-ring (bicyclic) bond motifs is 1. The summed E-state index contributed by atoms with van der Waals surface area (Å²) in [5.74, 6) is -0.752. The van der Waals surface area contributed by atoms with Crippen molar-refractivity contribution in [1.82, 2.24) is 19.7 Å². The molecule has 164 valence electrons. The Morgan fingerprint density at radius 1 is 1.32 bits per heavy atom. The molecule has 0 aliphatic heterocycles. The average molecular weight is 436 g/mol. The van der Waals surface area contributed by atoms with Crippen LogP contribution in [0.5, 0.6) is 5.75 Å². The van der Waals surface area contributed by atoms with Crippen molar-refractivity contribution in [2.45, 2.75) is 19.0 Å². The Morgan fingerprint density at radius 3 is 2.58 bits per heavy atom. The summed E-state index contributed by atoms with van der Waals surface area (Å²) >= 11 is 0. The van der Waals surface area contributed by atoms with Crippen molar-refractivity contribution < 1.29 is 32.9 Å². The number of carbonyl (C=O) groups is 1. The summed E-state index contributed by atoms with van der Waals surface area (Å²) in [6.45, 7) is 2.93. The zero-order chi connectivity index (χ0) is 22.8. The molecule has 0 fully saturated rings. The second kappa shape index (κ2) is 8.74. The lowest BCUT2D eigenvalue weighted by atomic mass is 10.1. The van der Waals surface area contributed by atoms with Gasteiger partial charge in [0.25, 0.3) is 0 Å². The summed E-state index contributed by atoms with van der Waals surface area (Å²) < 4.78 is 42.5. The lowest BCUT2D eigenvalue weighted by Crippen LogP contribution is -2.24. The molecule has 1 aromatic carbocycles. The van der Waals surface area contributed by atoms with Gasteiger partial charge >= 0.3 is 6.36 Å². The van der Waals surface area contributed by atoms with Gasteiger partial charge in [-0.05, 0) is 42.0 Å². The van der Waals surface area contributed by atoms with Crippen molar-refractivity contribution in [3.63, 3.8) is 0 Å². The van der Waals surface area contributed by atoms with Crippen LogP contribution in [0.15, 0.2) is 49.2 Å². The minimum Gasteiger partial charge on any atom is -0.406 e. The number of amides is 1. The number of alkyl halides is 3. The Bertz CT molecular complexity index is 1100. The molecular formula is C20H19F3N4O4. The number of benzene rings is 1. The number of ether oxygens (including phenoxy) is 1. The monoisotopic (exact) mass is 436 g/mol. The number of hydrogen-bond donors (Lipinski definition) is 2. The van der Waals surface area contributed by atoms with Crippen molar-refractivity contribution in [2.75, 3.05) is 13.7 Å². The maximum atomic E-state index is 12.4. The summed E-state index contributed by atoms with van der Waals surface area (Å²) in [6.07, 6.45) is -3.48. The second-order valence-electron chi connectivity index (χ2n) is 6.60. The number of likely N-dealkylation sites (N-methyl/N-ethyl adjacent to an activating group) is 1. The lowest BCUT2D eigenvalue weighted by Gasteiger charge is -2.14. The van der Waals surface area contributed by atoms with Crippen LogP contribution < -0.4 is 4.74 Å². The van der Waals surface area contributed by atoms with E-state index < -0.39 is 24.8 Å². The Labute approximate surface area is 174 Å². The molecule has 1 atom stereocenters. The van der Waals surface area contributed by atoms with Gasteiger partial charge in [0.1, 0.15) is 11.9 Å². The molecule has 0 saturated carbocycles. The van der Waals surface area contributed by atoms with E-state index in [4.69, 9.17) is 0 Å². The van der Waals surface area contributed by atoms with Crippen LogP contribution in [0.2, 0.25) is 0 Å². The van der Waals surface area contributed by atoms with E-state index in [1.54, 1.807) is 0 Å². The van der Waals surface area contributed by atoms with Crippen LogP contribution in [0.4, 0.5) is 13.2 Å². The van der Waals surface area contributed by atoms with E-state index in [1.165, 1.54) is 41.0 Å². The first-order valence-corrected chi connectivity index (χ1v) is 9.03. The van der Waals surface area contributed by atoms with Crippen LogP contribution >= 0.6 is 0 Å². The fraction of sp³-hybridized carbons (Fsp3) is 0.250. The molecule has 0 aliphatic carbocycles. The molecule has 0 radical (unpaired) electrons. The van der Waals surface area contributed by atoms with Gasteiger partial charge in [0.15, 0.2) is 5.65 Å². The van der Waals surface area contributed by atoms with Gasteiger partial charge in [-0.3, -0.25) is 4.79 Å². The number of halogens is 3. The highest BCUT2D eigenvalue weighted by molar-refractivity contribution is 5.88. The molecule has 2 aromatic heterocycles. The number of aliphatic hydroxyl groups is 2. The van der Waals surface area contributed by atoms with E-state index in [0.717, 1.165) is 18.2 Å². The Hall–Kier alpha value is -3.44. The Morgan fingerprint density at radius 2 is 2.00 bits per heavy atom. The summed E-state index contributed by atoms with van der Waals surface area (Å²) in [4.78, 5) is 17.5. The van der Waals surface area contributed by atoms with Gasteiger partial charge in [-0.15, -0.1) is 13.2 Å². The number of pyridine rings is 1. The molecule has 0 saturated heterocycles. The molecule has 1 amide bonds. The molecule has 11 heteroatoms. The van der Waals surface area contributed by atoms with Crippen LogP contribution in [0, 0.1) is 0 Å². The highest BCUT2D eigenvalue weighted by atomic mass is 19.4. The average Bonchev–Trinajstić information content (AvgIpc) is 3.10. The highest BCUT2D eigenvalue weighted by Crippen LogP contribution is 2.30. The predicted molar refractivity (Wildman–Crippen MR) is 104 cm³/mol. The molecule has 8 nitrogen and oxygen atoms in total. The summed E-state index contributed by atoms with van der Waals surface area (Å²) in [5.41, 5.74) is 1.40. The largest absolute Gasteiger partial charge is 0.573 e. The topological polar surface area (TPSA) is 101 Å². The molecule has 0 unspecified atom stereocenters. The van der Waals surface area contributed by atoms with E-state index >= 15 is 0 Å². The van der Waals surface area contributed by atoms with Crippen molar-refractivity contribution >= 4 is 16.9 Å². The highest BCUT2D eigenvalue weighted by Gasteiger charge is 2.31. The molecule has 0 spiro atoms. The molecule has 2 N–H and O–H groups in total. The van der Waals surface area contributed by atoms with E-state index in [9.17, 15) is 28.2 Å². The van der Waals surface area contributed by atoms with E-state index in [2.05, 4.69) is 21.4 Å². The SMILES string of the molecule is C=CC(=O)N(C)Cc1nn(-c2ccc(OC(F)(F)F)cc2)c2nccc([C@@H](O)CO)c12. The quantitative estimate of drug-likeness (QED) is 0.552. The number of carbonyl (C=O) groups excluding carboxylic acids is 1. The van der Waals surface area contributed by atoms with Gasteiger partial charge < -0.3 is 19.8 Å². The zero-order valence-corrected chi connectivity index (χ0v) is 16.4. The third-order valence-corrected chi connectivity index (χ3v) is 4.46. The van der Waals surface area contributed by atoms with Gasteiger partial charge in [0, 0.05) is 13.2 Å². The van der Waals surface area contributed by atoms with Crippen molar-refractivity contribution in [3.05, 3.63) is 60.4 Å². The number of hydrogen-bond acceptors (Lipinski definition) is 6. The molecule has 3 aromatic rings. The first-order valence-electron chi connectivity index (χ1n) is 9.03. The fourth-order valence-electron chi connectivity index (χ4n) is 3.05. The number of aliphatic hydroxyl groups excluding tert-OH is 2. The smallest absolute Gasteiger partial charge is 0.406 e. The standard InChI is InChI=1S/C20H19F3N4O4/c1-3-17(30)26(2)10-15-18-14(16(29)11-28)8-9-24-19(18)27(25-15)12-4-6-13(7-5-12)31-20(21,22)23/h3-9,16,28-29H,1,10-11H2,2H3/t16-/m0/s1. The Kier molecular flexibility index (Phi) is 6.27. The minimum atomic E-state index is -4.81. The van der Waals surface area contributed by atoms with E-state index in [1.807, 2.05) is 0 Å². The molecule has 0 bridgehead atoms. The van der Waals surface area contributed by atoms with Crippen molar-refractivity contribution in [3.8, 4) is 11.4 Å². The molecule has 2 heterocycles. The lowest BCUT2D eigenvalue weighted by molar-refractivity contribution is -0.274. The van der Waals surface area contributed by atoms with Gasteiger partial charge in [-0.1, -0.05) is 6.58 Å². The number of aromatic nitrogens is 3. The summed E-state index contributed by atoms with van der Waals surface area (Å²) in [6, 6.07) is 6.53. The maximum absolute atomic E-state index is 12.4. The van der Waals surface area contributed by atoms with Crippen LogP contribution in [0.3, 0.4) is 0 Å². The molecule has 31 heavy (non-hydrogen) atoms. The third-order valence-electron chi connectivity index (χ3n) is 4.46. The van der Waals surface area contributed by atoms with Gasteiger partial charge in [-0.25, -0.2) is 9.67 Å². The van der Waals surface area contributed by atoms with Gasteiger partial charge in [0.2, 0.25) is 5.91 Å². The number of rotatable bonds is 7. The third kappa shape index (κ3) is 4.84. The van der Waals surface area contributed by atoms with E-state index in [0.29, 0.717) is 28.0 Å². The minimum absolute atomic E-state index is 0.0421. The summed E-state index contributed by atoms with van der Waals surface area (Å²) in [5, 5.41) is 24.5. The summed E-state index contributed by atoms with van der Waals surface area (Å²) in [7, 11) is 1.54. The van der Waals surface area contributed by atoms with Crippen molar-refractivity contribution in [1.29, 1.82) is 0 Å². The first kappa shape index (κ1) is 22.2. The maximum Gasteiger partial charge on any atom is 0.573 e. The van der Waals surface area contributed by atoms with E-state index in [-0.39, 0.29) is 12.5 Å². The van der Waals surface area contributed by atoms with Gasteiger partial charge in [-0.2, -0.15) is 5.10 Å². The van der Waals surface area contributed by atoms with Crippen LogP contribution in [0.25, 0.3) is 16.7 Å². The Balaban J connectivity index is 2.12. The predicted octanol–water partition coefficient (Wildman–Crippen LogP) is 2.49. The van der Waals surface area contributed by atoms with Crippen LogP contribution in [-0.4, -0.2) is 55.8 Å². The normalized spacial score (nSPS) is 12.6. The number of nitrogens with zero attached hydrogens (tertiary/aromatic N) is 4. The van der Waals surface area contributed by atoms with Crippen LogP contribution in [0.1, 0.15) is 17.4 Å². The first-order chi connectivity index (χ1) is 14.6. The molecule has 3 rings (SSSR count). The second-order valence-corrected chi connectivity index (χ2v) is 6.60.